The molecule has 2 heterocycles. The summed E-state index contributed by atoms with van der Waals surface area (Å²) >= 11 is 7.78. The number of rotatable bonds is 8. The minimum atomic E-state index is -0.118. The molecule has 0 radical (unpaired) electrons. The van der Waals surface area contributed by atoms with Crippen molar-refractivity contribution < 1.29 is 14.3 Å². The molecule has 0 spiro atoms. The van der Waals surface area contributed by atoms with Gasteiger partial charge in [-0.1, -0.05) is 47.2 Å². The number of halogens is 2. The van der Waals surface area contributed by atoms with Gasteiger partial charge in [-0.3, -0.25) is 14.6 Å². The second-order valence-corrected chi connectivity index (χ2v) is 9.30. The van der Waals surface area contributed by atoms with E-state index in [1.165, 1.54) is 11.3 Å². The average Bonchev–Trinajstić information content (AvgIpc) is 3.28. The summed E-state index contributed by atoms with van der Waals surface area (Å²) in [5, 5.41) is 1.29. The standard InChI is InChI=1S/C25H28ClN3O3S.ClH/c1-18-8-10-21(31-2)23-24(18)33-25(27-23)29(13-5-12-28-14-16-32-17-15-28)22(30)11-9-19-6-3-4-7-20(19)26;/h3-4,6-11H,5,12-17H2,1-2H3;1H/b11-9+;. The van der Waals surface area contributed by atoms with Crippen molar-refractivity contribution in [2.24, 2.45) is 0 Å². The van der Waals surface area contributed by atoms with Gasteiger partial charge >= 0.3 is 0 Å². The Labute approximate surface area is 215 Å². The fourth-order valence-electron chi connectivity index (χ4n) is 3.82. The number of hydrogen-bond acceptors (Lipinski definition) is 6. The third-order valence-corrected chi connectivity index (χ3v) is 7.24. The summed E-state index contributed by atoms with van der Waals surface area (Å²) in [5.74, 6) is 0.595. The molecule has 1 aliphatic rings. The number of thiazole rings is 1. The Morgan fingerprint density at radius 3 is 2.76 bits per heavy atom. The van der Waals surface area contributed by atoms with Crippen molar-refractivity contribution in [3.8, 4) is 5.75 Å². The molecule has 0 saturated carbocycles. The van der Waals surface area contributed by atoms with Gasteiger partial charge in [0.2, 0.25) is 0 Å². The summed E-state index contributed by atoms with van der Waals surface area (Å²) in [7, 11) is 1.64. The maximum atomic E-state index is 13.3. The van der Waals surface area contributed by atoms with E-state index in [1.807, 2.05) is 43.3 Å². The van der Waals surface area contributed by atoms with Gasteiger partial charge in [0.15, 0.2) is 5.13 Å². The Morgan fingerprint density at radius 2 is 2.03 bits per heavy atom. The lowest BCUT2D eigenvalue weighted by Crippen LogP contribution is -2.39. The lowest BCUT2D eigenvalue weighted by Gasteiger charge is -2.27. The number of aromatic nitrogens is 1. The molecule has 182 valence electrons. The number of morpholine rings is 1. The zero-order valence-electron chi connectivity index (χ0n) is 19.3. The SMILES string of the molecule is COc1ccc(C)c2sc(N(CCCN3CCOCC3)C(=O)/C=C/c3ccccc3Cl)nc12.Cl. The Bertz CT molecular complexity index is 1150. The summed E-state index contributed by atoms with van der Waals surface area (Å²) in [5.41, 5.74) is 2.71. The average molecular weight is 522 g/mol. The zero-order valence-corrected chi connectivity index (χ0v) is 21.7. The van der Waals surface area contributed by atoms with Gasteiger partial charge in [-0.2, -0.15) is 0 Å². The van der Waals surface area contributed by atoms with Crippen LogP contribution in [0.2, 0.25) is 5.02 Å². The molecule has 0 bridgehead atoms. The number of carbonyl (C=O) groups excluding carboxylic acids is 1. The lowest BCUT2D eigenvalue weighted by atomic mass is 10.2. The van der Waals surface area contributed by atoms with E-state index in [2.05, 4.69) is 4.90 Å². The van der Waals surface area contributed by atoms with Crippen LogP contribution in [0.3, 0.4) is 0 Å². The van der Waals surface area contributed by atoms with Crippen molar-refractivity contribution >= 4 is 62.7 Å². The molecule has 0 atom stereocenters. The summed E-state index contributed by atoms with van der Waals surface area (Å²) in [4.78, 5) is 22.3. The molecule has 2 aromatic carbocycles. The van der Waals surface area contributed by atoms with Crippen LogP contribution < -0.4 is 9.64 Å². The highest BCUT2D eigenvalue weighted by Gasteiger charge is 2.21. The number of nitrogens with zero attached hydrogens (tertiary/aromatic N) is 3. The topological polar surface area (TPSA) is 54.9 Å². The van der Waals surface area contributed by atoms with E-state index in [1.54, 1.807) is 24.2 Å². The fraction of sp³-hybridized carbons (Fsp3) is 0.360. The molecule has 0 N–H and O–H groups in total. The normalized spacial score (nSPS) is 14.3. The Balaban J connectivity index is 0.00000324. The van der Waals surface area contributed by atoms with Gasteiger partial charge in [0.05, 0.1) is 25.0 Å². The van der Waals surface area contributed by atoms with E-state index in [4.69, 9.17) is 26.1 Å². The highest BCUT2D eigenvalue weighted by atomic mass is 35.5. The van der Waals surface area contributed by atoms with Gasteiger partial charge < -0.3 is 9.47 Å². The van der Waals surface area contributed by atoms with Crippen LogP contribution in [0.5, 0.6) is 5.75 Å². The number of methoxy groups -OCH3 is 1. The van der Waals surface area contributed by atoms with Crippen molar-refractivity contribution in [1.82, 2.24) is 9.88 Å². The summed E-state index contributed by atoms with van der Waals surface area (Å²) in [6, 6.07) is 11.4. The molecule has 3 aromatic rings. The van der Waals surface area contributed by atoms with Crippen LogP contribution in [0.1, 0.15) is 17.5 Å². The molecular formula is C25H29Cl2N3O3S. The Kier molecular flexibility index (Phi) is 9.74. The Hall–Kier alpha value is -2.16. The van der Waals surface area contributed by atoms with Crippen molar-refractivity contribution in [2.45, 2.75) is 13.3 Å². The molecule has 9 heteroatoms. The summed E-state index contributed by atoms with van der Waals surface area (Å²) in [6.07, 6.45) is 4.18. The first-order valence-corrected chi connectivity index (χ1v) is 12.2. The molecule has 34 heavy (non-hydrogen) atoms. The van der Waals surface area contributed by atoms with Crippen LogP contribution in [0.25, 0.3) is 16.3 Å². The van der Waals surface area contributed by atoms with Crippen LogP contribution in [0.15, 0.2) is 42.5 Å². The largest absolute Gasteiger partial charge is 0.494 e. The molecule has 1 aromatic heterocycles. The van der Waals surface area contributed by atoms with Crippen LogP contribution >= 0.6 is 35.3 Å². The highest BCUT2D eigenvalue weighted by molar-refractivity contribution is 7.22. The van der Waals surface area contributed by atoms with Gasteiger partial charge in [-0.05, 0) is 42.7 Å². The minimum Gasteiger partial charge on any atom is -0.494 e. The smallest absolute Gasteiger partial charge is 0.252 e. The highest BCUT2D eigenvalue weighted by Crippen LogP contribution is 2.36. The second-order valence-electron chi connectivity index (χ2n) is 7.91. The van der Waals surface area contributed by atoms with E-state index in [9.17, 15) is 4.79 Å². The number of benzene rings is 2. The first kappa shape index (κ1) is 26.4. The molecule has 0 aliphatic carbocycles. The summed E-state index contributed by atoms with van der Waals surface area (Å²) < 4.78 is 12.0. The van der Waals surface area contributed by atoms with Crippen molar-refractivity contribution in [2.75, 3.05) is 51.4 Å². The van der Waals surface area contributed by atoms with Gasteiger partial charge in [0.1, 0.15) is 11.3 Å². The van der Waals surface area contributed by atoms with Crippen LogP contribution in [0, 0.1) is 6.92 Å². The number of amides is 1. The number of aryl methyl sites for hydroxylation is 1. The van der Waals surface area contributed by atoms with E-state index in [-0.39, 0.29) is 18.3 Å². The number of hydrogen-bond donors (Lipinski definition) is 0. The van der Waals surface area contributed by atoms with Crippen molar-refractivity contribution in [3.63, 3.8) is 0 Å². The molecule has 1 amide bonds. The van der Waals surface area contributed by atoms with E-state index in [0.717, 1.165) is 60.6 Å². The molecule has 6 nitrogen and oxygen atoms in total. The molecule has 0 unspecified atom stereocenters. The predicted molar refractivity (Wildman–Crippen MR) is 143 cm³/mol. The number of carbonyl (C=O) groups is 1. The summed E-state index contributed by atoms with van der Waals surface area (Å²) in [6.45, 7) is 6.92. The monoisotopic (exact) mass is 521 g/mol. The number of anilines is 1. The van der Waals surface area contributed by atoms with Gasteiger partial charge in [0.25, 0.3) is 5.91 Å². The van der Waals surface area contributed by atoms with Crippen molar-refractivity contribution in [3.05, 3.63) is 58.6 Å². The first-order valence-electron chi connectivity index (χ1n) is 11.0. The van der Waals surface area contributed by atoms with Crippen LogP contribution in [-0.2, 0) is 9.53 Å². The van der Waals surface area contributed by atoms with E-state index < -0.39 is 0 Å². The molecule has 1 aliphatic heterocycles. The van der Waals surface area contributed by atoms with Gasteiger partial charge in [0, 0.05) is 37.3 Å². The molecule has 4 rings (SSSR count). The van der Waals surface area contributed by atoms with Crippen LogP contribution in [0.4, 0.5) is 5.13 Å². The minimum absolute atomic E-state index is 0. The maximum absolute atomic E-state index is 13.3. The molecular weight excluding hydrogens is 493 g/mol. The number of fused-ring (bicyclic) bond motifs is 1. The van der Waals surface area contributed by atoms with Crippen LogP contribution in [-0.4, -0.2) is 62.3 Å². The Morgan fingerprint density at radius 1 is 1.26 bits per heavy atom. The predicted octanol–water partition coefficient (Wildman–Crippen LogP) is 5.46. The fourth-order valence-corrected chi connectivity index (χ4v) is 5.10. The first-order chi connectivity index (χ1) is 16.1. The van der Waals surface area contributed by atoms with E-state index in [0.29, 0.717) is 22.4 Å². The maximum Gasteiger partial charge on any atom is 0.252 e. The van der Waals surface area contributed by atoms with Gasteiger partial charge in [-0.15, -0.1) is 12.4 Å². The third kappa shape index (κ3) is 6.29. The molecule has 1 saturated heterocycles. The third-order valence-electron chi connectivity index (χ3n) is 5.68. The lowest BCUT2D eigenvalue weighted by molar-refractivity contribution is -0.114. The van der Waals surface area contributed by atoms with Crippen molar-refractivity contribution in [1.29, 1.82) is 0 Å². The quantitative estimate of drug-likeness (QED) is 0.368. The van der Waals surface area contributed by atoms with Gasteiger partial charge in [-0.25, -0.2) is 4.98 Å². The van der Waals surface area contributed by atoms with E-state index >= 15 is 0 Å². The zero-order chi connectivity index (χ0) is 23.2. The second kappa shape index (κ2) is 12.5. The number of ether oxygens (including phenoxy) is 2. The molecule has 1 fully saturated rings.